The summed E-state index contributed by atoms with van der Waals surface area (Å²) in [4.78, 5) is 14.3. The van der Waals surface area contributed by atoms with Crippen molar-refractivity contribution in [2.75, 3.05) is 13.2 Å². The number of nitrogens with zero attached hydrogens (tertiary/aromatic N) is 1. The maximum Gasteiger partial charge on any atom is 0.411 e. The van der Waals surface area contributed by atoms with E-state index in [1.165, 1.54) is 12.0 Å². The van der Waals surface area contributed by atoms with Crippen LogP contribution in [0.1, 0.15) is 53.9 Å². The molecule has 2 unspecified atom stereocenters. The summed E-state index contributed by atoms with van der Waals surface area (Å²) in [6, 6.07) is 0.167. The zero-order valence-corrected chi connectivity index (χ0v) is 14.0. The fraction of sp³-hybridized carbons (Fsp3) is 0.824. The second-order valence-electron chi connectivity index (χ2n) is 7.61. The molecule has 0 spiro atoms. The van der Waals surface area contributed by atoms with E-state index >= 15 is 0 Å². The molecule has 2 aliphatic rings. The first kappa shape index (κ1) is 16.3. The minimum Gasteiger partial charge on any atom is -0.444 e. The smallest absolute Gasteiger partial charge is 0.411 e. The van der Waals surface area contributed by atoms with Gasteiger partial charge < -0.3 is 9.47 Å². The number of amides is 1. The highest BCUT2D eigenvalue weighted by molar-refractivity contribution is 5.70. The second-order valence-corrected chi connectivity index (χ2v) is 7.61. The Morgan fingerprint density at radius 1 is 1.43 bits per heavy atom. The Morgan fingerprint density at radius 2 is 2.14 bits per heavy atom. The zero-order chi connectivity index (χ0) is 15.6. The minimum atomic E-state index is -0.451. The molecule has 0 aliphatic carbocycles. The van der Waals surface area contributed by atoms with Gasteiger partial charge in [-0.25, -0.2) is 4.79 Å². The molecule has 0 saturated carbocycles. The molecule has 1 saturated heterocycles. The fourth-order valence-electron chi connectivity index (χ4n) is 2.94. The standard InChI is InChI=1S/C17H29NO3/c1-12(2)6-7-13-8-14-10-20-11-15(9-13)18(14)16(19)21-17(3,4)5/h8,12,14-15H,6-7,9-11H2,1-5H3. The topological polar surface area (TPSA) is 38.8 Å². The monoisotopic (exact) mass is 295 g/mol. The maximum absolute atomic E-state index is 12.4. The number of ether oxygens (including phenoxy) is 2. The number of carbonyl (C=O) groups is 1. The minimum absolute atomic E-state index is 0.0366. The lowest BCUT2D eigenvalue weighted by molar-refractivity contribution is -0.0538. The van der Waals surface area contributed by atoms with Gasteiger partial charge in [-0.3, -0.25) is 4.90 Å². The van der Waals surface area contributed by atoms with E-state index in [4.69, 9.17) is 9.47 Å². The highest BCUT2D eigenvalue weighted by Crippen LogP contribution is 2.31. The van der Waals surface area contributed by atoms with Crippen LogP contribution in [-0.2, 0) is 9.47 Å². The van der Waals surface area contributed by atoms with E-state index in [1.807, 2.05) is 25.7 Å². The first-order valence-electron chi connectivity index (χ1n) is 8.05. The summed E-state index contributed by atoms with van der Waals surface area (Å²) in [6.07, 6.45) is 5.27. The first-order chi connectivity index (χ1) is 9.76. The van der Waals surface area contributed by atoms with Gasteiger partial charge in [-0.1, -0.05) is 25.5 Å². The summed E-state index contributed by atoms with van der Waals surface area (Å²) in [5.41, 5.74) is 1.02. The molecule has 2 aliphatic heterocycles. The number of carbonyl (C=O) groups excluding carboxylic acids is 1. The van der Waals surface area contributed by atoms with Crippen molar-refractivity contribution >= 4 is 6.09 Å². The van der Waals surface area contributed by atoms with Crippen LogP contribution in [-0.4, -0.2) is 41.9 Å². The summed E-state index contributed by atoms with van der Waals surface area (Å²) < 4.78 is 11.2. The number of hydrogen-bond donors (Lipinski definition) is 0. The van der Waals surface area contributed by atoms with E-state index in [9.17, 15) is 4.79 Å². The third-order valence-electron chi connectivity index (χ3n) is 3.92. The molecule has 4 nitrogen and oxygen atoms in total. The van der Waals surface area contributed by atoms with Gasteiger partial charge in [0.15, 0.2) is 0 Å². The van der Waals surface area contributed by atoms with Crippen LogP contribution < -0.4 is 0 Å². The average Bonchev–Trinajstić information content (AvgIpc) is 2.32. The molecule has 0 aromatic rings. The van der Waals surface area contributed by atoms with Crippen molar-refractivity contribution in [1.82, 2.24) is 4.90 Å². The van der Waals surface area contributed by atoms with Crippen LogP contribution in [0.2, 0.25) is 0 Å². The second kappa shape index (κ2) is 6.39. The predicted molar refractivity (Wildman–Crippen MR) is 83.2 cm³/mol. The van der Waals surface area contributed by atoms with E-state index in [2.05, 4.69) is 19.9 Å². The van der Waals surface area contributed by atoms with E-state index in [0.29, 0.717) is 19.1 Å². The Bertz CT molecular complexity index is 409. The van der Waals surface area contributed by atoms with Gasteiger partial charge in [-0.15, -0.1) is 0 Å². The lowest BCUT2D eigenvalue weighted by Crippen LogP contribution is -2.57. The van der Waals surface area contributed by atoms with Crippen molar-refractivity contribution in [2.24, 2.45) is 5.92 Å². The van der Waals surface area contributed by atoms with Crippen LogP contribution in [0, 0.1) is 5.92 Å². The molecule has 4 heteroatoms. The quantitative estimate of drug-likeness (QED) is 0.744. The molecular weight excluding hydrogens is 266 g/mol. The number of rotatable bonds is 3. The molecule has 2 atom stereocenters. The zero-order valence-electron chi connectivity index (χ0n) is 14.0. The lowest BCUT2D eigenvalue weighted by atomic mass is 9.90. The van der Waals surface area contributed by atoms with Gasteiger partial charge in [0.05, 0.1) is 25.3 Å². The molecule has 2 rings (SSSR count). The van der Waals surface area contributed by atoms with E-state index in [-0.39, 0.29) is 18.2 Å². The van der Waals surface area contributed by atoms with Crippen LogP contribution in [0.3, 0.4) is 0 Å². The Morgan fingerprint density at radius 3 is 2.71 bits per heavy atom. The largest absolute Gasteiger partial charge is 0.444 e. The summed E-state index contributed by atoms with van der Waals surface area (Å²) in [5, 5.41) is 0. The van der Waals surface area contributed by atoms with Gasteiger partial charge in [0.1, 0.15) is 5.60 Å². The third kappa shape index (κ3) is 4.47. The van der Waals surface area contributed by atoms with E-state index in [1.54, 1.807) is 0 Å². The molecular formula is C17H29NO3. The molecule has 1 fully saturated rings. The molecule has 2 heterocycles. The summed E-state index contributed by atoms with van der Waals surface area (Å²) in [5.74, 6) is 0.714. The van der Waals surface area contributed by atoms with Crippen LogP contribution in [0.15, 0.2) is 11.6 Å². The number of hydrogen-bond acceptors (Lipinski definition) is 3. The van der Waals surface area contributed by atoms with Gasteiger partial charge in [-0.2, -0.15) is 0 Å². The molecule has 120 valence electrons. The summed E-state index contributed by atoms with van der Waals surface area (Å²) in [7, 11) is 0. The van der Waals surface area contributed by atoms with Crippen molar-refractivity contribution in [1.29, 1.82) is 0 Å². The molecule has 1 amide bonds. The van der Waals surface area contributed by atoms with Crippen molar-refractivity contribution in [2.45, 2.75) is 71.6 Å². The van der Waals surface area contributed by atoms with Crippen LogP contribution in [0.4, 0.5) is 4.79 Å². The molecule has 2 bridgehead atoms. The lowest BCUT2D eigenvalue weighted by Gasteiger charge is -2.44. The predicted octanol–water partition coefficient (Wildman–Crippen LogP) is 3.76. The SMILES string of the molecule is CC(C)CCC1=CC2COCC(C1)N2C(=O)OC(C)(C)C. The maximum atomic E-state index is 12.4. The molecule has 0 aromatic carbocycles. The molecule has 0 N–H and O–H groups in total. The molecule has 0 radical (unpaired) electrons. The van der Waals surface area contributed by atoms with E-state index < -0.39 is 5.60 Å². The Labute approximate surface area is 128 Å². The Kier molecular flexibility index (Phi) is 4.97. The van der Waals surface area contributed by atoms with Crippen LogP contribution in [0.5, 0.6) is 0 Å². The van der Waals surface area contributed by atoms with Crippen molar-refractivity contribution in [3.05, 3.63) is 11.6 Å². The van der Waals surface area contributed by atoms with Gasteiger partial charge in [0.2, 0.25) is 0 Å². The summed E-state index contributed by atoms with van der Waals surface area (Å²) >= 11 is 0. The molecule has 0 aromatic heterocycles. The van der Waals surface area contributed by atoms with Crippen molar-refractivity contribution in [3.8, 4) is 0 Å². The van der Waals surface area contributed by atoms with Crippen molar-refractivity contribution in [3.63, 3.8) is 0 Å². The fourth-order valence-corrected chi connectivity index (χ4v) is 2.94. The highest BCUT2D eigenvalue weighted by Gasteiger charge is 2.39. The van der Waals surface area contributed by atoms with Gasteiger partial charge >= 0.3 is 6.09 Å². The number of fused-ring (bicyclic) bond motifs is 2. The van der Waals surface area contributed by atoms with Gasteiger partial charge in [-0.05, 0) is 46.0 Å². The highest BCUT2D eigenvalue weighted by atomic mass is 16.6. The normalized spacial score (nSPS) is 25.8. The van der Waals surface area contributed by atoms with Gasteiger partial charge in [0.25, 0.3) is 0 Å². The number of morpholine rings is 1. The third-order valence-corrected chi connectivity index (χ3v) is 3.92. The van der Waals surface area contributed by atoms with E-state index in [0.717, 1.165) is 12.8 Å². The Hall–Kier alpha value is -1.03. The summed E-state index contributed by atoms with van der Waals surface area (Å²) in [6.45, 7) is 11.4. The van der Waals surface area contributed by atoms with Crippen LogP contribution in [0.25, 0.3) is 0 Å². The van der Waals surface area contributed by atoms with Crippen molar-refractivity contribution < 1.29 is 14.3 Å². The van der Waals surface area contributed by atoms with Gasteiger partial charge in [0, 0.05) is 0 Å². The van der Waals surface area contributed by atoms with Crippen LogP contribution >= 0.6 is 0 Å². The molecule has 21 heavy (non-hydrogen) atoms. The Balaban J connectivity index is 2.06. The first-order valence-corrected chi connectivity index (χ1v) is 8.05. The average molecular weight is 295 g/mol.